The predicted molar refractivity (Wildman–Crippen MR) is 51.2 cm³/mol. The van der Waals surface area contributed by atoms with Gasteiger partial charge in [-0.15, -0.1) is 0 Å². The summed E-state index contributed by atoms with van der Waals surface area (Å²) in [5.41, 5.74) is 1.41. The van der Waals surface area contributed by atoms with Gasteiger partial charge in [-0.1, -0.05) is 35.9 Å². The van der Waals surface area contributed by atoms with Crippen LogP contribution in [0.3, 0.4) is 0 Å². The molecule has 0 spiro atoms. The van der Waals surface area contributed by atoms with Crippen LogP contribution in [0, 0.1) is 0 Å². The van der Waals surface area contributed by atoms with Crippen LogP contribution in [0.1, 0.15) is 12.5 Å². The third kappa shape index (κ3) is 1.74. The molecule has 0 atom stereocenters. The molecule has 0 aliphatic carbocycles. The fourth-order valence-corrected chi connectivity index (χ4v) is 1.23. The SMILES string of the molecule is C/C=C(/C=O)c1ccccc1Cl. The van der Waals surface area contributed by atoms with Crippen molar-refractivity contribution in [2.24, 2.45) is 0 Å². The molecule has 12 heavy (non-hydrogen) atoms. The molecule has 0 heterocycles. The standard InChI is InChI=1S/C10H9ClO/c1-2-8(7-12)9-5-3-4-6-10(9)11/h2-7H,1H3/b8-2-. The van der Waals surface area contributed by atoms with Crippen molar-refractivity contribution in [2.75, 3.05) is 0 Å². The zero-order valence-corrected chi connectivity index (χ0v) is 7.51. The Morgan fingerprint density at radius 1 is 1.42 bits per heavy atom. The lowest BCUT2D eigenvalue weighted by atomic mass is 10.1. The maximum Gasteiger partial charge on any atom is 0.150 e. The molecule has 0 radical (unpaired) electrons. The van der Waals surface area contributed by atoms with Crippen LogP contribution in [0.2, 0.25) is 5.02 Å². The van der Waals surface area contributed by atoms with Crippen molar-refractivity contribution >= 4 is 23.5 Å². The zero-order valence-electron chi connectivity index (χ0n) is 6.75. The molecular weight excluding hydrogens is 172 g/mol. The van der Waals surface area contributed by atoms with E-state index in [0.29, 0.717) is 10.6 Å². The average molecular weight is 181 g/mol. The first-order chi connectivity index (χ1) is 5.79. The minimum atomic E-state index is 0.609. The lowest BCUT2D eigenvalue weighted by Gasteiger charge is -2.00. The van der Waals surface area contributed by atoms with Crippen molar-refractivity contribution in [1.82, 2.24) is 0 Å². The minimum Gasteiger partial charge on any atom is -0.298 e. The lowest BCUT2D eigenvalue weighted by Crippen LogP contribution is -1.85. The van der Waals surface area contributed by atoms with Gasteiger partial charge in [0.25, 0.3) is 0 Å². The summed E-state index contributed by atoms with van der Waals surface area (Å²) in [7, 11) is 0. The van der Waals surface area contributed by atoms with Gasteiger partial charge < -0.3 is 0 Å². The van der Waals surface area contributed by atoms with E-state index in [2.05, 4.69) is 0 Å². The van der Waals surface area contributed by atoms with Crippen molar-refractivity contribution in [1.29, 1.82) is 0 Å². The second-order valence-electron chi connectivity index (χ2n) is 2.34. The van der Waals surface area contributed by atoms with Crippen molar-refractivity contribution < 1.29 is 4.79 Å². The van der Waals surface area contributed by atoms with E-state index in [9.17, 15) is 4.79 Å². The molecule has 0 unspecified atom stereocenters. The van der Waals surface area contributed by atoms with Crippen molar-refractivity contribution in [3.05, 3.63) is 40.9 Å². The number of hydrogen-bond acceptors (Lipinski definition) is 1. The summed E-state index contributed by atoms with van der Waals surface area (Å²) >= 11 is 5.88. The number of hydrogen-bond donors (Lipinski definition) is 0. The molecule has 1 nitrogen and oxygen atoms in total. The number of allylic oxidation sites excluding steroid dienone is 2. The van der Waals surface area contributed by atoms with Crippen LogP contribution in [0.15, 0.2) is 30.3 Å². The molecule has 0 amide bonds. The van der Waals surface area contributed by atoms with E-state index in [4.69, 9.17) is 11.6 Å². The van der Waals surface area contributed by atoms with Crippen LogP contribution in [-0.4, -0.2) is 6.29 Å². The predicted octanol–water partition coefficient (Wildman–Crippen LogP) is 2.94. The van der Waals surface area contributed by atoms with Crippen LogP contribution >= 0.6 is 11.6 Å². The summed E-state index contributed by atoms with van der Waals surface area (Å²) in [5, 5.41) is 0.609. The molecule has 1 aromatic rings. The van der Waals surface area contributed by atoms with Gasteiger partial charge in [-0.2, -0.15) is 0 Å². The first-order valence-corrected chi connectivity index (χ1v) is 4.03. The third-order valence-electron chi connectivity index (χ3n) is 1.62. The summed E-state index contributed by atoms with van der Waals surface area (Å²) < 4.78 is 0. The van der Waals surface area contributed by atoms with Gasteiger partial charge in [0.05, 0.1) is 0 Å². The van der Waals surface area contributed by atoms with Gasteiger partial charge in [0, 0.05) is 16.2 Å². The highest BCUT2D eigenvalue weighted by Gasteiger charge is 2.02. The van der Waals surface area contributed by atoms with E-state index in [0.717, 1.165) is 11.8 Å². The Morgan fingerprint density at radius 2 is 2.08 bits per heavy atom. The summed E-state index contributed by atoms with van der Waals surface area (Å²) in [5.74, 6) is 0. The summed E-state index contributed by atoms with van der Waals surface area (Å²) in [6.07, 6.45) is 2.55. The van der Waals surface area contributed by atoms with E-state index in [1.54, 1.807) is 12.1 Å². The third-order valence-corrected chi connectivity index (χ3v) is 1.95. The number of benzene rings is 1. The molecule has 0 aliphatic rings. The van der Waals surface area contributed by atoms with Gasteiger partial charge in [0.1, 0.15) is 6.29 Å². The number of carbonyl (C=O) groups is 1. The van der Waals surface area contributed by atoms with Gasteiger partial charge in [0.2, 0.25) is 0 Å². The maximum atomic E-state index is 10.6. The number of carbonyl (C=O) groups excluding carboxylic acids is 1. The van der Waals surface area contributed by atoms with E-state index in [1.807, 2.05) is 25.1 Å². The van der Waals surface area contributed by atoms with E-state index < -0.39 is 0 Å². The highest BCUT2D eigenvalue weighted by molar-refractivity contribution is 6.33. The van der Waals surface area contributed by atoms with Crippen LogP contribution in [-0.2, 0) is 4.79 Å². The summed E-state index contributed by atoms with van der Waals surface area (Å²) in [4.78, 5) is 10.6. The highest BCUT2D eigenvalue weighted by atomic mass is 35.5. The highest BCUT2D eigenvalue weighted by Crippen LogP contribution is 2.21. The number of aldehydes is 1. The smallest absolute Gasteiger partial charge is 0.150 e. The van der Waals surface area contributed by atoms with Crippen LogP contribution in [0.4, 0.5) is 0 Å². The van der Waals surface area contributed by atoms with Crippen molar-refractivity contribution in [3.63, 3.8) is 0 Å². The van der Waals surface area contributed by atoms with Crippen molar-refractivity contribution in [2.45, 2.75) is 6.92 Å². The average Bonchev–Trinajstić information content (AvgIpc) is 2.10. The molecule has 1 aromatic carbocycles. The number of halogens is 1. The van der Waals surface area contributed by atoms with Gasteiger partial charge in [-0.3, -0.25) is 4.79 Å². The molecule has 2 heteroatoms. The first kappa shape index (κ1) is 9.01. The van der Waals surface area contributed by atoms with Crippen LogP contribution in [0.5, 0.6) is 0 Å². The molecule has 0 bridgehead atoms. The Morgan fingerprint density at radius 3 is 2.58 bits per heavy atom. The Kier molecular flexibility index (Phi) is 3.06. The lowest BCUT2D eigenvalue weighted by molar-refractivity contribution is -0.103. The van der Waals surface area contributed by atoms with E-state index >= 15 is 0 Å². The molecule has 0 N–H and O–H groups in total. The Hall–Kier alpha value is -1.08. The fourth-order valence-electron chi connectivity index (χ4n) is 0.982. The van der Waals surface area contributed by atoms with Gasteiger partial charge in [0.15, 0.2) is 0 Å². The normalized spacial score (nSPS) is 11.3. The van der Waals surface area contributed by atoms with Gasteiger partial charge in [-0.25, -0.2) is 0 Å². The summed E-state index contributed by atoms with van der Waals surface area (Å²) in [6, 6.07) is 7.29. The van der Waals surface area contributed by atoms with Crippen LogP contribution in [0.25, 0.3) is 5.57 Å². The molecule has 62 valence electrons. The number of rotatable bonds is 2. The van der Waals surface area contributed by atoms with Crippen molar-refractivity contribution in [3.8, 4) is 0 Å². The Balaban J connectivity index is 3.18. The second kappa shape index (κ2) is 4.07. The molecule has 1 rings (SSSR count). The molecular formula is C10H9ClO. The molecule has 0 saturated carbocycles. The van der Waals surface area contributed by atoms with Gasteiger partial charge >= 0.3 is 0 Å². The molecule has 0 saturated heterocycles. The van der Waals surface area contributed by atoms with E-state index in [-0.39, 0.29) is 0 Å². The molecule has 0 aliphatic heterocycles. The zero-order chi connectivity index (χ0) is 8.97. The maximum absolute atomic E-state index is 10.6. The quantitative estimate of drug-likeness (QED) is 0.505. The monoisotopic (exact) mass is 180 g/mol. The molecule has 0 fully saturated rings. The first-order valence-electron chi connectivity index (χ1n) is 3.66. The Labute approximate surface area is 76.7 Å². The second-order valence-corrected chi connectivity index (χ2v) is 2.75. The largest absolute Gasteiger partial charge is 0.298 e. The summed E-state index contributed by atoms with van der Waals surface area (Å²) in [6.45, 7) is 1.81. The molecule has 0 aromatic heterocycles. The Bertz CT molecular complexity index is 315. The van der Waals surface area contributed by atoms with Gasteiger partial charge in [-0.05, 0) is 13.0 Å². The van der Waals surface area contributed by atoms with E-state index in [1.165, 1.54) is 0 Å². The van der Waals surface area contributed by atoms with Crippen LogP contribution < -0.4 is 0 Å². The minimum absolute atomic E-state index is 0.609. The topological polar surface area (TPSA) is 17.1 Å². The fraction of sp³-hybridized carbons (Fsp3) is 0.100.